The molecule has 0 saturated heterocycles. The van der Waals surface area contributed by atoms with Crippen molar-refractivity contribution in [1.82, 2.24) is 20.3 Å². The third-order valence-corrected chi connectivity index (χ3v) is 6.76. The number of carbonyl (C=O) groups excluding carboxylic acids is 2. The minimum atomic E-state index is -0.225. The second-order valence-electron chi connectivity index (χ2n) is 9.24. The molecule has 3 heterocycles. The number of benzene rings is 1. The lowest BCUT2D eigenvalue weighted by molar-refractivity contribution is -0.115. The van der Waals surface area contributed by atoms with E-state index in [9.17, 15) is 9.59 Å². The maximum Gasteiger partial charge on any atom is 0.253 e. The minimum absolute atomic E-state index is 0.109. The maximum atomic E-state index is 13.4. The van der Waals surface area contributed by atoms with Crippen LogP contribution < -0.4 is 10.6 Å². The zero-order valence-corrected chi connectivity index (χ0v) is 20.7. The van der Waals surface area contributed by atoms with Crippen molar-refractivity contribution in [3.8, 4) is 0 Å². The van der Waals surface area contributed by atoms with Crippen LogP contribution in [0.5, 0.6) is 0 Å². The number of carbonyl (C=O) groups is 2. The van der Waals surface area contributed by atoms with E-state index >= 15 is 0 Å². The number of aryl methyl sites for hydroxylation is 1. The smallest absolute Gasteiger partial charge is 0.253 e. The van der Waals surface area contributed by atoms with Crippen molar-refractivity contribution in [2.24, 2.45) is 0 Å². The molecule has 0 aliphatic heterocycles. The molecule has 186 valence electrons. The number of hydrogen-bond acceptors (Lipinski definition) is 5. The zero-order valence-electron chi connectivity index (χ0n) is 20.7. The molecule has 5 rings (SSSR count). The van der Waals surface area contributed by atoms with Crippen molar-refractivity contribution in [3.63, 3.8) is 0 Å². The van der Waals surface area contributed by atoms with Gasteiger partial charge >= 0.3 is 0 Å². The van der Waals surface area contributed by atoms with Gasteiger partial charge in [-0.3, -0.25) is 19.6 Å². The molecule has 2 amide bonds. The van der Waals surface area contributed by atoms with Crippen LogP contribution >= 0.6 is 0 Å². The van der Waals surface area contributed by atoms with Crippen molar-refractivity contribution in [1.29, 1.82) is 0 Å². The van der Waals surface area contributed by atoms with Gasteiger partial charge in [-0.2, -0.15) is 0 Å². The van der Waals surface area contributed by atoms with Crippen LogP contribution in [0.25, 0.3) is 0 Å². The number of fused-ring (bicyclic) bond motifs is 1. The molecule has 0 bridgehead atoms. The molecule has 1 aromatic carbocycles. The molecule has 3 aromatic heterocycles. The number of anilines is 1. The largest absolute Gasteiger partial charge is 0.344 e. The molecule has 37 heavy (non-hydrogen) atoms. The number of nitrogens with zero attached hydrogens (tertiary/aromatic N) is 3. The van der Waals surface area contributed by atoms with Crippen LogP contribution in [0.15, 0.2) is 85.3 Å². The summed E-state index contributed by atoms with van der Waals surface area (Å²) in [5.74, 6) is 0.346. The SMILES string of the molecule is CCc1ncc(C(=O)NC2CC(c3ccccc3)Cc3cccnc32)cc1CC(=O)Nc1ccccn1. The minimum Gasteiger partial charge on any atom is -0.344 e. The second kappa shape index (κ2) is 11.1. The molecular weight excluding hydrogens is 462 g/mol. The van der Waals surface area contributed by atoms with E-state index in [1.165, 1.54) is 5.56 Å². The summed E-state index contributed by atoms with van der Waals surface area (Å²) in [4.78, 5) is 39.3. The van der Waals surface area contributed by atoms with Gasteiger partial charge < -0.3 is 10.6 Å². The third kappa shape index (κ3) is 5.72. The first-order valence-corrected chi connectivity index (χ1v) is 12.6. The predicted octanol–water partition coefficient (Wildman–Crippen LogP) is 4.82. The van der Waals surface area contributed by atoms with Crippen molar-refractivity contribution >= 4 is 17.6 Å². The molecule has 7 nitrogen and oxygen atoms in total. The van der Waals surface area contributed by atoms with Gasteiger partial charge in [0.15, 0.2) is 0 Å². The van der Waals surface area contributed by atoms with Gasteiger partial charge in [-0.05, 0) is 66.1 Å². The average Bonchev–Trinajstić information content (AvgIpc) is 2.94. The van der Waals surface area contributed by atoms with Crippen molar-refractivity contribution in [2.45, 2.75) is 44.6 Å². The van der Waals surface area contributed by atoms with E-state index in [2.05, 4.69) is 43.8 Å². The molecule has 0 radical (unpaired) electrons. The van der Waals surface area contributed by atoms with Crippen LogP contribution in [0, 0.1) is 0 Å². The molecule has 4 aromatic rings. The Kier molecular flexibility index (Phi) is 7.31. The monoisotopic (exact) mass is 491 g/mol. The van der Waals surface area contributed by atoms with Gasteiger partial charge in [0, 0.05) is 24.3 Å². The van der Waals surface area contributed by atoms with E-state index in [1.807, 2.05) is 37.3 Å². The molecule has 0 spiro atoms. The van der Waals surface area contributed by atoms with E-state index in [1.54, 1.807) is 36.8 Å². The Morgan fingerprint density at radius 3 is 2.54 bits per heavy atom. The molecule has 1 aliphatic rings. The van der Waals surface area contributed by atoms with E-state index in [0.29, 0.717) is 17.8 Å². The Balaban J connectivity index is 1.35. The van der Waals surface area contributed by atoms with Crippen LogP contribution in [-0.2, 0) is 24.1 Å². The topological polar surface area (TPSA) is 96.9 Å². The zero-order chi connectivity index (χ0) is 25.6. The van der Waals surface area contributed by atoms with Crippen LogP contribution in [0.3, 0.4) is 0 Å². The van der Waals surface area contributed by atoms with Crippen LogP contribution in [0.2, 0.25) is 0 Å². The second-order valence-corrected chi connectivity index (χ2v) is 9.24. The van der Waals surface area contributed by atoms with Crippen molar-refractivity contribution in [2.75, 3.05) is 5.32 Å². The van der Waals surface area contributed by atoms with E-state index in [4.69, 9.17) is 0 Å². The molecular formula is C30H29N5O2. The Morgan fingerprint density at radius 1 is 0.946 bits per heavy atom. The summed E-state index contributed by atoms with van der Waals surface area (Å²) in [5.41, 5.74) is 5.27. The normalized spacial score (nSPS) is 16.5. The lowest BCUT2D eigenvalue weighted by atomic mass is 9.79. The van der Waals surface area contributed by atoms with Gasteiger partial charge in [0.25, 0.3) is 5.91 Å². The number of aromatic nitrogens is 3. The highest BCUT2D eigenvalue weighted by atomic mass is 16.2. The summed E-state index contributed by atoms with van der Waals surface area (Å²) in [6.07, 6.45) is 7.41. The van der Waals surface area contributed by atoms with E-state index in [-0.39, 0.29) is 30.2 Å². The molecule has 7 heteroatoms. The van der Waals surface area contributed by atoms with Crippen LogP contribution in [0.1, 0.15) is 63.7 Å². The highest BCUT2D eigenvalue weighted by Gasteiger charge is 2.30. The first-order valence-electron chi connectivity index (χ1n) is 12.6. The molecule has 2 atom stereocenters. The van der Waals surface area contributed by atoms with Gasteiger partial charge in [-0.25, -0.2) is 4.98 Å². The van der Waals surface area contributed by atoms with Crippen LogP contribution in [-0.4, -0.2) is 26.8 Å². The molecule has 2 N–H and O–H groups in total. The highest BCUT2D eigenvalue weighted by molar-refractivity contribution is 5.95. The number of amides is 2. The Bertz CT molecular complexity index is 1390. The number of hydrogen-bond donors (Lipinski definition) is 2. The fraction of sp³-hybridized carbons (Fsp3) is 0.233. The summed E-state index contributed by atoms with van der Waals surface area (Å²) < 4.78 is 0. The first kappa shape index (κ1) is 24.3. The third-order valence-electron chi connectivity index (χ3n) is 6.76. The number of pyridine rings is 3. The van der Waals surface area contributed by atoms with Crippen molar-refractivity contribution in [3.05, 3.63) is 119 Å². The van der Waals surface area contributed by atoms with Crippen molar-refractivity contribution < 1.29 is 9.59 Å². The van der Waals surface area contributed by atoms with Gasteiger partial charge in [0.2, 0.25) is 5.91 Å². The molecule has 2 unspecified atom stereocenters. The Hall–Kier alpha value is -4.39. The van der Waals surface area contributed by atoms with E-state index in [0.717, 1.165) is 35.4 Å². The highest BCUT2D eigenvalue weighted by Crippen LogP contribution is 2.37. The van der Waals surface area contributed by atoms with Gasteiger partial charge in [-0.15, -0.1) is 0 Å². The Labute approximate surface area is 216 Å². The summed E-state index contributed by atoms with van der Waals surface area (Å²) in [6, 6.07) is 21.3. The molecule has 1 aliphatic carbocycles. The fourth-order valence-corrected chi connectivity index (χ4v) is 4.96. The summed E-state index contributed by atoms with van der Waals surface area (Å²) in [7, 11) is 0. The maximum absolute atomic E-state index is 13.4. The van der Waals surface area contributed by atoms with Gasteiger partial charge in [-0.1, -0.05) is 49.4 Å². The van der Waals surface area contributed by atoms with Gasteiger partial charge in [0.1, 0.15) is 5.82 Å². The lowest BCUT2D eigenvalue weighted by Gasteiger charge is -2.31. The predicted molar refractivity (Wildman–Crippen MR) is 142 cm³/mol. The van der Waals surface area contributed by atoms with Crippen LogP contribution in [0.4, 0.5) is 5.82 Å². The summed E-state index contributed by atoms with van der Waals surface area (Å²) in [5, 5.41) is 6.00. The Morgan fingerprint density at radius 2 is 1.76 bits per heavy atom. The standard InChI is InChI=1S/C30H29N5O2/c1-2-25-23(18-28(36)35-27-12-6-7-13-31-27)16-24(19-33-25)30(37)34-26-17-22(20-9-4-3-5-10-20)15-21-11-8-14-32-29(21)26/h3-14,16,19,22,26H,2,15,17-18H2,1H3,(H,34,37)(H,31,35,36). The number of rotatable bonds is 7. The molecule has 0 saturated carbocycles. The number of nitrogens with one attached hydrogen (secondary N) is 2. The van der Waals surface area contributed by atoms with E-state index < -0.39 is 0 Å². The van der Waals surface area contributed by atoms with Gasteiger partial charge in [0.05, 0.1) is 23.7 Å². The molecule has 0 fully saturated rings. The fourth-order valence-electron chi connectivity index (χ4n) is 4.96. The lowest BCUT2D eigenvalue weighted by Crippen LogP contribution is -2.34. The quantitative estimate of drug-likeness (QED) is 0.387. The average molecular weight is 492 g/mol. The summed E-state index contributed by atoms with van der Waals surface area (Å²) >= 11 is 0. The summed E-state index contributed by atoms with van der Waals surface area (Å²) in [6.45, 7) is 1.98. The first-order chi connectivity index (χ1) is 18.1.